The van der Waals surface area contributed by atoms with E-state index in [4.69, 9.17) is 16.6 Å². The van der Waals surface area contributed by atoms with Crippen molar-refractivity contribution in [1.29, 1.82) is 0 Å². The Balaban J connectivity index is 1.89. The van der Waals surface area contributed by atoms with Crippen molar-refractivity contribution in [2.45, 2.75) is 31.1 Å². The first-order valence-corrected chi connectivity index (χ1v) is 12.1. The number of benzene rings is 3. The summed E-state index contributed by atoms with van der Waals surface area (Å²) < 4.78 is 23.8. The molecule has 0 aliphatic carbocycles. The van der Waals surface area contributed by atoms with Gasteiger partial charge in [-0.1, -0.05) is 62.4 Å². The molecule has 0 aliphatic rings. The molecule has 0 bridgehead atoms. The summed E-state index contributed by atoms with van der Waals surface area (Å²) in [6, 6.07) is 21.3. The van der Waals surface area contributed by atoms with Gasteiger partial charge in [-0.3, -0.25) is 4.79 Å². The molecule has 8 heteroatoms. The molecule has 0 aromatic heterocycles. The van der Waals surface area contributed by atoms with Crippen molar-refractivity contribution in [2.75, 3.05) is 0 Å². The van der Waals surface area contributed by atoms with Crippen LogP contribution in [0.1, 0.15) is 37.3 Å². The number of hydrogen-bond acceptors (Lipinski definition) is 4. The van der Waals surface area contributed by atoms with Crippen molar-refractivity contribution >= 4 is 27.5 Å². The summed E-state index contributed by atoms with van der Waals surface area (Å²) in [4.78, 5) is 16.1. The summed E-state index contributed by atoms with van der Waals surface area (Å²) in [6.45, 7) is 4.10. The maximum absolute atomic E-state index is 11.9. The van der Waals surface area contributed by atoms with Crippen molar-refractivity contribution in [2.24, 2.45) is 27.5 Å². The standard InChI is InChI=1S/C25H28N4O3S/c1-16(2)22(15-24(26)30)18-6-5-7-19(14-18)25(27)29-20-12-10-17(11-13-20)21-8-3-4-9-23(21)33(28,31)32/h3-14,16,22H,15H2,1-2H3,(H2,26,30)(H2,27,29)(H2,28,31,32). The molecule has 6 N–H and O–H groups in total. The Hall–Kier alpha value is -3.49. The average molecular weight is 465 g/mol. The number of primary sulfonamides is 1. The third-order valence-electron chi connectivity index (χ3n) is 5.46. The fourth-order valence-electron chi connectivity index (χ4n) is 3.76. The molecule has 1 unspecified atom stereocenters. The lowest BCUT2D eigenvalue weighted by atomic mass is 9.85. The maximum Gasteiger partial charge on any atom is 0.238 e. The molecule has 1 atom stereocenters. The first kappa shape index (κ1) is 24.2. The van der Waals surface area contributed by atoms with Gasteiger partial charge in [0.2, 0.25) is 15.9 Å². The molecule has 3 aromatic carbocycles. The number of primary amides is 1. The van der Waals surface area contributed by atoms with Gasteiger partial charge in [0.05, 0.1) is 10.6 Å². The van der Waals surface area contributed by atoms with Crippen LogP contribution in [0.3, 0.4) is 0 Å². The van der Waals surface area contributed by atoms with Gasteiger partial charge >= 0.3 is 0 Å². The largest absolute Gasteiger partial charge is 0.383 e. The van der Waals surface area contributed by atoms with Crippen LogP contribution in [0.25, 0.3) is 11.1 Å². The summed E-state index contributed by atoms with van der Waals surface area (Å²) >= 11 is 0. The first-order chi connectivity index (χ1) is 15.6. The molecule has 0 heterocycles. The lowest BCUT2D eigenvalue weighted by Crippen LogP contribution is -2.19. The second kappa shape index (κ2) is 9.97. The molecule has 33 heavy (non-hydrogen) atoms. The van der Waals surface area contributed by atoms with Crippen LogP contribution < -0.4 is 16.6 Å². The van der Waals surface area contributed by atoms with Crippen molar-refractivity contribution in [3.8, 4) is 11.1 Å². The maximum atomic E-state index is 11.9. The molecule has 7 nitrogen and oxygen atoms in total. The molecular formula is C25H28N4O3S. The quantitative estimate of drug-likeness (QED) is 0.345. The van der Waals surface area contributed by atoms with Crippen LogP contribution >= 0.6 is 0 Å². The highest BCUT2D eigenvalue weighted by Gasteiger charge is 2.19. The molecule has 0 aliphatic heterocycles. The number of amides is 1. The smallest absolute Gasteiger partial charge is 0.238 e. The predicted molar refractivity (Wildman–Crippen MR) is 131 cm³/mol. The van der Waals surface area contributed by atoms with Crippen molar-refractivity contribution in [3.63, 3.8) is 0 Å². The Kier molecular flexibility index (Phi) is 7.30. The molecule has 0 saturated carbocycles. The Morgan fingerprint density at radius 2 is 1.61 bits per heavy atom. The third-order valence-corrected chi connectivity index (χ3v) is 6.43. The van der Waals surface area contributed by atoms with Gasteiger partial charge in [0.15, 0.2) is 0 Å². The van der Waals surface area contributed by atoms with Gasteiger partial charge in [0.1, 0.15) is 5.84 Å². The molecule has 0 saturated heterocycles. The number of rotatable bonds is 8. The predicted octanol–water partition coefficient (Wildman–Crippen LogP) is 3.65. The van der Waals surface area contributed by atoms with E-state index >= 15 is 0 Å². The van der Waals surface area contributed by atoms with Crippen molar-refractivity contribution in [1.82, 2.24) is 0 Å². The molecule has 0 radical (unpaired) electrons. The third kappa shape index (κ3) is 6.06. The SMILES string of the molecule is CC(C)C(CC(N)=O)c1cccc(C(N)=Nc2ccc(-c3ccccc3S(N)(=O)=O)cc2)c1. The fourth-order valence-corrected chi connectivity index (χ4v) is 4.52. The summed E-state index contributed by atoms with van der Waals surface area (Å²) in [5.41, 5.74) is 15.3. The van der Waals surface area contributed by atoms with Gasteiger partial charge in [0, 0.05) is 17.5 Å². The van der Waals surface area contributed by atoms with E-state index in [0.717, 1.165) is 11.1 Å². The summed E-state index contributed by atoms with van der Waals surface area (Å²) in [6.07, 6.45) is 0.264. The Morgan fingerprint density at radius 1 is 0.939 bits per heavy atom. The second-order valence-electron chi connectivity index (χ2n) is 8.23. The van der Waals surface area contributed by atoms with Gasteiger partial charge in [0.25, 0.3) is 0 Å². The number of sulfonamides is 1. The normalized spacial score (nSPS) is 13.2. The van der Waals surface area contributed by atoms with Crippen LogP contribution in [0.5, 0.6) is 0 Å². The van der Waals surface area contributed by atoms with E-state index in [0.29, 0.717) is 22.6 Å². The number of hydrogen-bond donors (Lipinski definition) is 3. The summed E-state index contributed by atoms with van der Waals surface area (Å²) in [5, 5.41) is 5.34. The highest BCUT2D eigenvalue weighted by molar-refractivity contribution is 7.89. The number of aliphatic imine (C=N–C) groups is 1. The number of carbonyl (C=O) groups is 1. The van der Waals surface area contributed by atoms with E-state index in [1.165, 1.54) is 6.07 Å². The van der Waals surface area contributed by atoms with Crippen molar-refractivity contribution in [3.05, 3.63) is 83.9 Å². The van der Waals surface area contributed by atoms with Crippen LogP contribution in [0.4, 0.5) is 5.69 Å². The first-order valence-electron chi connectivity index (χ1n) is 10.5. The second-order valence-corrected chi connectivity index (χ2v) is 9.76. The molecular weight excluding hydrogens is 436 g/mol. The van der Waals surface area contributed by atoms with Crippen LogP contribution in [0.2, 0.25) is 0 Å². The minimum atomic E-state index is -3.85. The Bertz CT molecular complexity index is 1280. The molecule has 3 rings (SSSR count). The Labute approximate surface area is 194 Å². The van der Waals surface area contributed by atoms with Crippen molar-refractivity contribution < 1.29 is 13.2 Å². The van der Waals surface area contributed by atoms with Gasteiger partial charge in [-0.25, -0.2) is 18.5 Å². The van der Waals surface area contributed by atoms with Gasteiger partial charge in [-0.05, 0) is 47.2 Å². The number of nitrogens with zero attached hydrogens (tertiary/aromatic N) is 1. The molecule has 0 spiro atoms. The van der Waals surface area contributed by atoms with Crippen LogP contribution in [0, 0.1) is 5.92 Å². The van der Waals surface area contributed by atoms with E-state index in [1.54, 1.807) is 42.5 Å². The van der Waals surface area contributed by atoms with Gasteiger partial charge in [-0.2, -0.15) is 0 Å². The zero-order valence-electron chi connectivity index (χ0n) is 18.6. The minimum Gasteiger partial charge on any atom is -0.383 e. The highest BCUT2D eigenvalue weighted by Crippen LogP contribution is 2.30. The van der Waals surface area contributed by atoms with E-state index in [1.807, 2.05) is 38.1 Å². The lowest BCUT2D eigenvalue weighted by molar-refractivity contribution is -0.118. The van der Waals surface area contributed by atoms with E-state index in [2.05, 4.69) is 4.99 Å². The zero-order valence-corrected chi connectivity index (χ0v) is 19.4. The van der Waals surface area contributed by atoms with E-state index < -0.39 is 10.0 Å². The number of amidine groups is 1. The highest BCUT2D eigenvalue weighted by atomic mass is 32.2. The lowest BCUT2D eigenvalue weighted by Gasteiger charge is -2.20. The van der Waals surface area contributed by atoms with Crippen LogP contribution in [0.15, 0.2) is 82.7 Å². The molecule has 3 aromatic rings. The summed E-state index contributed by atoms with van der Waals surface area (Å²) in [5.74, 6) is 0.216. The average Bonchev–Trinajstić information content (AvgIpc) is 2.77. The minimum absolute atomic E-state index is 0.00609. The Morgan fingerprint density at radius 3 is 2.21 bits per heavy atom. The number of nitrogens with two attached hydrogens (primary N) is 3. The topological polar surface area (TPSA) is 142 Å². The van der Waals surface area contributed by atoms with Crippen LogP contribution in [-0.2, 0) is 14.8 Å². The molecule has 0 fully saturated rings. The van der Waals surface area contributed by atoms with E-state index in [9.17, 15) is 13.2 Å². The summed E-state index contributed by atoms with van der Waals surface area (Å²) in [7, 11) is -3.85. The van der Waals surface area contributed by atoms with Crippen LogP contribution in [-0.4, -0.2) is 20.2 Å². The van der Waals surface area contributed by atoms with Gasteiger partial charge < -0.3 is 11.5 Å². The zero-order chi connectivity index (χ0) is 24.2. The van der Waals surface area contributed by atoms with E-state index in [-0.39, 0.29) is 29.1 Å². The van der Waals surface area contributed by atoms with Gasteiger partial charge in [-0.15, -0.1) is 0 Å². The monoisotopic (exact) mass is 464 g/mol. The number of carbonyl (C=O) groups excluding carboxylic acids is 1. The molecule has 1 amide bonds. The fraction of sp³-hybridized carbons (Fsp3) is 0.200. The molecule has 172 valence electrons.